The van der Waals surface area contributed by atoms with Crippen LogP contribution in [-0.2, 0) is 20.9 Å². The van der Waals surface area contributed by atoms with Crippen LogP contribution in [0.1, 0.15) is 39.2 Å². The predicted octanol–water partition coefficient (Wildman–Crippen LogP) is 1.60. The fourth-order valence-electron chi connectivity index (χ4n) is 4.51. The van der Waals surface area contributed by atoms with Gasteiger partial charge in [-0.15, -0.1) is 0 Å². The van der Waals surface area contributed by atoms with Gasteiger partial charge < -0.3 is 9.64 Å². The molecular formula is C22H33N5O5S. The summed E-state index contributed by atoms with van der Waals surface area (Å²) >= 11 is 1.67. The molecule has 182 valence electrons. The monoisotopic (exact) mass is 479 g/mol. The molecule has 2 fully saturated rings. The summed E-state index contributed by atoms with van der Waals surface area (Å²) in [6, 6.07) is 5.37. The number of benzene rings is 1. The molecule has 0 aliphatic carbocycles. The van der Waals surface area contributed by atoms with Crippen molar-refractivity contribution in [1.29, 1.82) is 0 Å². The van der Waals surface area contributed by atoms with Gasteiger partial charge in [0, 0.05) is 35.6 Å². The number of carbonyl (C=O) groups excluding carboxylic acids is 2. The van der Waals surface area contributed by atoms with Gasteiger partial charge >= 0.3 is 5.97 Å². The maximum Gasteiger partial charge on any atom is 0.330 e. The summed E-state index contributed by atoms with van der Waals surface area (Å²) < 4.78 is 5.56. The maximum absolute atomic E-state index is 13.1. The minimum absolute atomic E-state index is 0.00746. The molecule has 0 bridgehead atoms. The first kappa shape index (κ1) is 25.4. The first-order valence-electron chi connectivity index (χ1n) is 11.4. The fraction of sp³-hybridized carbons (Fsp3) is 0.636. The highest BCUT2D eigenvalue weighted by Crippen LogP contribution is 2.42. The largest absolute Gasteiger partial charge is 0.459 e. The lowest BCUT2D eigenvalue weighted by Crippen LogP contribution is -2.68. The summed E-state index contributed by atoms with van der Waals surface area (Å²) in [6.07, 6.45) is 1.23. The highest BCUT2D eigenvalue weighted by atomic mass is 32.2. The average Bonchev–Trinajstić information content (AvgIpc) is 3.09. The number of non-ortho nitro benzene ring substituents is 1. The quantitative estimate of drug-likeness (QED) is 0.127. The molecule has 11 heteroatoms. The molecule has 33 heavy (non-hydrogen) atoms. The van der Waals surface area contributed by atoms with Crippen LogP contribution in [0.15, 0.2) is 24.3 Å². The Labute approximate surface area is 198 Å². The Kier molecular flexibility index (Phi) is 8.69. The van der Waals surface area contributed by atoms with E-state index in [4.69, 9.17) is 4.74 Å². The standard InChI is InChI=1S/C22H33N5O5S/c1-4-23-22(24-5-2,25-6-3)14-33-18-11-17-12-19(28)26(17)20(18)21(29)32-13-15-7-9-16(10-8-15)27(30)31/h7-10,17-18,20,23-25H,4-6,11-14H2,1-3H3. The first-order chi connectivity index (χ1) is 15.8. The van der Waals surface area contributed by atoms with Gasteiger partial charge in [0.05, 0.1) is 4.92 Å². The van der Waals surface area contributed by atoms with Gasteiger partial charge in [0.25, 0.3) is 5.69 Å². The molecule has 3 unspecified atom stereocenters. The normalized spacial score (nSPS) is 22.1. The Morgan fingerprint density at radius 1 is 1.18 bits per heavy atom. The number of nitrogens with one attached hydrogen (secondary N) is 3. The number of nitro benzene ring substituents is 1. The highest BCUT2D eigenvalue weighted by Gasteiger charge is 2.55. The van der Waals surface area contributed by atoms with E-state index >= 15 is 0 Å². The molecule has 2 aliphatic rings. The molecule has 1 amide bonds. The molecule has 2 heterocycles. The molecule has 3 rings (SSSR count). The number of hydrogen-bond donors (Lipinski definition) is 3. The summed E-state index contributed by atoms with van der Waals surface area (Å²) in [5, 5.41) is 21.2. The lowest BCUT2D eigenvalue weighted by atomic mass is 10.0. The van der Waals surface area contributed by atoms with E-state index in [1.54, 1.807) is 28.8 Å². The number of β-lactam (4-membered cyclic amide) rings is 1. The number of rotatable bonds is 13. The third-order valence-corrected chi connectivity index (χ3v) is 7.45. The Hall–Kier alpha value is -2.21. The van der Waals surface area contributed by atoms with E-state index in [2.05, 4.69) is 16.0 Å². The molecular weight excluding hydrogens is 446 g/mol. The van der Waals surface area contributed by atoms with Gasteiger partial charge in [0.15, 0.2) is 0 Å². The van der Waals surface area contributed by atoms with Crippen LogP contribution in [0.25, 0.3) is 0 Å². The third-order valence-electron chi connectivity index (χ3n) is 5.97. The number of fused-ring (bicyclic) bond motifs is 1. The molecule has 10 nitrogen and oxygen atoms in total. The van der Waals surface area contributed by atoms with Crippen molar-refractivity contribution in [2.75, 3.05) is 25.4 Å². The van der Waals surface area contributed by atoms with Gasteiger partial charge in [-0.2, -0.15) is 11.8 Å². The van der Waals surface area contributed by atoms with Crippen molar-refractivity contribution in [3.05, 3.63) is 39.9 Å². The molecule has 0 saturated carbocycles. The molecule has 2 saturated heterocycles. The Bertz CT molecular complexity index is 835. The van der Waals surface area contributed by atoms with Crippen LogP contribution >= 0.6 is 11.8 Å². The molecule has 3 N–H and O–H groups in total. The van der Waals surface area contributed by atoms with Gasteiger partial charge in [-0.05, 0) is 43.8 Å². The number of esters is 1. The molecule has 0 radical (unpaired) electrons. The zero-order valence-corrected chi connectivity index (χ0v) is 20.2. The summed E-state index contributed by atoms with van der Waals surface area (Å²) in [6.45, 7) is 8.48. The Morgan fingerprint density at radius 3 is 2.30 bits per heavy atom. The minimum Gasteiger partial charge on any atom is -0.459 e. The number of amides is 1. The minimum atomic E-state index is -0.623. The van der Waals surface area contributed by atoms with E-state index in [0.717, 1.165) is 26.1 Å². The number of thioether (sulfide) groups is 1. The van der Waals surface area contributed by atoms with Crippen molar-refractivity contribution in [3.63, 3.8) is 0 Å². The number of nitrogens with zero attached hydrogens (tertiary/aromatic N) is 2. The van der Waals surface area contributed by atoms with Crippen LogP contribution in [-0.4, -0.2) is 70.2 Å². The van der Waals surface area contributed by atoms with E-state index in [1.807, 2.05) is 20.8 Å². The summed E-state index contributed by atoms with van der Waals surface area (Å²) in [7, 11) is 0. The number of carbonyl (C=O) groups is 2. The second kappa shape index (κ2) is 11.3. The fourth-order valence-corrected chi connectivity index (χ4v) is 6.06. The second-order valence-corrected chi connectivity index (χ2v) is 9.44. The van der Waals surface area contributed by atoms with Crippen LogP contribution in [0.2, 0.25) is 0 Å². The van der Waals surface area contributed by atoms with Crippen molar-refractivity contribution in [1.82, 2.24) is 20.9 Å². The van der Waals surface area contributed by atoms with Crippen molar-refractivity contribution >= 4 is 29.3 Å². The van der Waals surface area contributed by atoms with E-state index < -0.39 is 22.7 Å². The van der Waals surface area contributed by atoms with Gasteiger partial charge in [0.1, 0.15) is 18.4 Å². The zero-order valence-electron chi connectivity index (χ0n) is 19.3. The van der Waals surface area contributed by atoms with Crippen molar-refractivity contribution in [2.45, 2.75) is 63.3 Å². The third kappa shape index (κ3) is 5.84. The molecule has 3 atom stereocenters. The Morgan fingerprint density at radius 2 is 1.79 bits per heavy atom. The lowest BCUT2D eigenvalue weighted by molar-refractivity contribution is -0.384. The van der Waals surface area contributed by atoms with E-state index in [9.17, 15) is 19.7 Å². The van der Waals surface area contributed by atoms with Crippen molar-refractivity contribution in [2.24, 2.45) is 0 Å². The van der Waals surface area contributed by atoms with E-state index in [0.29, 0.717) is 17.7 Å². The van der Waals surface area contributed by atoms with Crippen LogP contribution in [0.3, 0.4) is 0 Å². The number of nitro groups is 1. The van der Waals surface area contributed by atoms with Crippen molar-refractivity contribution < 1.29 is 19.2 Å². The Balaban J connectivity index is 1.66. The van der Waals surface area contributed by atoms with Crippen LogP contribution in [0.4, 0.5) is 5.69 Å². The first-order valence-corrected chi connectivity index (χ1v) is 12.5. The van der Waals surface area contributed by atoms with Crippen LogP contribution in [0.5, 0.6) is 0 Å². The van der Waals surface area contributed by atoms with Gasteiger partial charge in [-0.1, -0.05) is 20.8 Å². The van der Waals surface area contributed by atoms with E-state index in [1.165, 1.54) is 12.1 Å². The zero-order chi connectivity index (χ0) is 24.0. The summed E-state index contributed by atoms with van der Waals surface area (Å²) in [5.41, 5.74) is 0.644. The molecule has 2 aliphatic heterocycles. The molecule has 1 aromatic carbocycles. The smallest absolute Gasteiger partial charge is 0.330 e. The van der Waals surface area contributed by atoms with Gasteiger partial charge in [-0.3, -0.25) is 30.9 Å². The molecule has 0 aromatic heterocycles. The van der Waals surface area contributed by atoms with Crippen LogP contribution < -0.4 is 16.0 Å². The van der Waals surface area contributed by atoms with Crippen LogP contribution in [0, 0.1) is 10.1 Å². The van der Waals surface area contributed by atoms with Gasteiger partial charge in [0.2, 0.25) is 5.91 Å². The van der Waals surface area contributed by atoms with E-state index in [-0.39, 0.29) is 29.5 Å². The summed E-state index contributed by atoms with van der Waals surface area (Å²) in [5.74, 6) is -0.232. The second-order valence-electron chi connectivity index (χ2n) is 8.22. The molecule has 0 spiro atoms. The highest BCUT2D eigenvalue weighted by molar-refractivity contribution is 8.00. The maximum atomic E-state index is 13.1. The average molecular weight is 480 g/mol. The predicted molar refractivity (Wildman–Crippen MR) is 127 cm³/mol. The molecule has 1 aromatic rings. The van der Waals surface area contributed by atoms with Crippen molar-refractivity contribution in [3.8, 4) is 0 Å². The SMILES string of the molecule is CCNC(CSC1CC2CC(=O)N2C1C(=O)OCc1ccc([N+](=O)[O-])cc1)(NCC)NCC. The topological polar surface area (TPSA) is 126 Å². The number of hydrogen-bond acceptors (Lipinski definition) is 9. The number of ether oxygens (including phenoxy) is 1. The van der Waals surface area contributed by atoms with Gasteiger partial charge in [-0.25, -0.2) is 4.79 Å². The lowest BCUT2D eigenvalue weighted by Gasteiger charge is -2.38. The summed E-state index contributed by atoms with van der Waals surface area (Å²) in [4.78, 5) is 37.3.